The van der Waals surface area contributed by atoms with Gasteiger partial charge in [-0.1, -0.05) is 13.8 Å². The Labute approximate surface area is 62.9 Å². The highest BCUT2D eigenvalue weighted by Gasteiger charge is 2.15. The largest absolute Gasteiger partial charge is 0.241 e. The summed E-state index contributed by atoms with van der Waals surface area (Å²) in [4.78, 5) is 0. The smallest absolute Gasteiger partial charge is 0.0303 e. The minimum Gasteiger partial charge on any atom is -0.241 e. The maximum atomic E-state index is 3.32. The second-order valence-corrected chi connectivity index (χ2v) is 2.52. The molecule has 0 radical (unpaired) electrons. The Balaban J connectivity index is 2.29. The molecule has 0 spiro atoms. The molecular formula is C7H17N3. The van der Waals surface area contributed by atoms with Crippen molar-refractivity contribution < 1.29 is 0 Å². The van der Waals surface area contributed by atoms with Gasteiger partial charge in [-0.05, 0) is 6.42 Å². The average molecular weight is 143 g/mol. The average Bonchev–Trinajstić information content (AvgIpc) is 2.43. The molecule has 10 heavy (non-hydrogen) atoms. The zero-order valence-corrected chi connectivity index (χ0v) is 6.93. The SMILES string of the molecule is CCN(CC)N1CCCN1. The van der Waals surface area contributed by atoms with Crippen molar-refractivity contribution >= 4 is 0 Å². The van der Waals surface area contributed by atoms with Gasteiger partial charge in [0.1, 0.15) is 0 Å². The van der Waals surface area contributed by atoms with Gasteiger partial charge in [0.2, 0.25) is 0 Å². The number of nitrogens with one attached hydrogen (secondary N) is 1. The molecule has 0 aromatic rings. The Morgan fingerprint density at radius 1 is 1.40 bits per heavy atom. The molecule has 1 heterocycles. The fraction of sp³-hybridized carbons (Fsp3) is 1.00. The maximum absolute atomic E-state index is 3.32. The first-order chi connectivity index (χ1) is 4.88. The van der Waals surface area contributed by atoms with Crippen molar-refractivity contribution in [1.29, 1.82) is 0 Å². The van der Waals surface area contributed by atoms with E-state index in [0.717, 1.165) is 19.6 Å². The van der Waals surface area contributed by atoms with Crippen molar-refractivity contribution in [3.05, 3.63) is 0 Å². The summed E-state index contributed by atoms with van der Waals surface area (Å²) in [5.41, 5.74) is 3.32. The highest BCUT2D eigenvalue weighted by molar-refractivity contribution is 4.59. The van der Waals surface area contributed by atoms with Gasteiger partial charge in [-0.25, -0.2) is 10.4 Å². The lowest BCUT2D eigenvalue weighted by Crippen LogP contribution is -2.46. The molecule has 0 aromatic carbocycles. The molecule has 3 nitrogen and oxygen atoms in total. The first-order valence-electron chi connectivity index (χ1n) is 4.14. The van der Waals surface area contributed by atoms with E-state index >= 15 is 0 Å². The molecule has 3 heteroatoms. The number of hydrazine groups is 2. The molecule has 0 unspecified atom stereocenters. The molecular weight excluding hydrogens is 126 g/mol. The topological polar surface area (TPSA) is 18.5 Å². The van der Waals surface area contributed by atoms with Gasteiger partial charge in [0.15, 0.2) is 0 Å². The van der Waals surface area contributed by atoms with E-state index in [9.17, 15) is 0 Å². The van der Waals surface area contributed by atoms with Gasteiger partial charge in [0.05, 0.1) is 0 Å². The maximum Gasteiger partial charge on any atom is 0.0303 e. The lowest BCUT2D eigenvalue weighted by Gasteiger charge is -2.28. The van der Waals surface area contributed by atoms with Crippen molar-refractivity contribution in [2.24, 2.45) is 0 Å². The minimum absolute atomic E-state index is 1.10. The van der Waals surface area contributed by atoms with E-state index in [1.54, 1.807) is 0 Å². The van der Waals surface area contributed by atoms with Crippen molar-refractivity contribution in [2.75, 3.05) is 26.2 Å². The Bertz CT molecular complexity index is 84.9. The summed E-state index contributed by atoms with van der Waals surface area (Å²) in [5.74, 6) is 0. The van der Waals surface area contributed by atoms with Crippen LogP contribution in [0.4, 0.5) is 0 Å². The summed E-state index contributed by atoms with van der Waals surface area (Å²) in [6.07, 6.45) is 1.27. The van der Waals surface area contributed by atoms with Gasteiger partial charge in [-0.3, -0.25) is 0 Å². The van der Waals surface area contributed by atoms with Crippen molar-refractivity contribution in [1.82, 2.24) is 15.6 Å². The summed E-state index contributed by atoms with van der Waals surface area (Å²) in [6.45, 7) is 8.87. The van der Waals surface area contributed by atoms with Gasteiger partial charge in [0, 0.05) is 26.2 Å². The molecule has 1 saturated heterocycles. The summed E-state index contributed by atoms with van der Waals surface area (Å²) < 4.78 is 0. The molecule has 60 valence electrons. The second-order valence-electron chi connectivity index (χ2n) is 2.52. The summed E-state index contributed by atoms with van der Waals surface area (Å²) in [6, 6.07) is 0. The highest BCUT2D eigenvalue weighted by Crippen LogP contribution is 2.00. The molecule has 0 aliphatic carbocycles. The van der Waals surface area contributed by atoms with E-state index in [2.05, 4.69) is 29.4 Å². The van der Waals surface area contributed by atoms with Crippen molar-refractivity contribution in [3.8, 4) is 0 Å². The summed E-state index contributed by atoms with van der Waals surface area (Å²) in [7, 11) is 0. The zero-order valence-electron chi connectivity index (χ0n) is 6.93. The molecule has 0 saturated carbocycles. The number of nitrogens with zero attached hydrogens (tertiary/aromatic N) is 2. The van der Waals surface area contributed by atoms with Crippen molar-refractivity contribution in [2.45, 2.75) is 20.3 Å². The molecule has 1 aliphatic rings. The normalized spacial score (nSPS) is 20.7. The third-order valence-corrected chi connectivity index (χ3v) is 1.91. The van der Waals surface area contributed by atoms with E-state index in [4.69, 9.17) is 0 Å². The van der Waals surface area contributed by atoms with Crippen LogP contribution in [0.25, 0.3) is 0 Å². The third kappa shape index (κ3) is 1.68. The van der Waals surface area contributed by atoms with E-state index in [1.807, 2.05) is 0 Å². The fourth-order valence-corrected chi connectivity index (χ4v) is 1.32. The van der Waals surface area contributed by atoms with Crippen LogP contribution in [0.3, 0.4) is 0 Å². The number of hydrogen-bond acceptors (Lipinski definition) is 3. The van der Waals surface area contributed by atoms with Crippen LogP contribution in [0.2, 0.25) is 0 Å². The molecule has 1 fully saturated rings. The summed E-state index contributed by atoms with van der Waals surface area (Å²) >= 11 is 0. The lowest BCUT2D eigenvalue weighted by atomic mass is 10.5. The Kier molecular flexibility index (Phi) is 3.12. The molecule has 1 N–H and O–H groups in total. The van der Waals surface area contributed by atoms with Crippen LogP contribution < -0.4 is 5.43 Å². The third-order valence-electron chi connectivity index (χ3n) is 1.91. The number of hydrogen-bond donors (Lipinski definition) is 1. The first kappa shape index (κ1) is 7.98. The van der Waals surface area contributed by atoms with Crippen LogP contribution in [0.5, 0.6) is 0 Å². The van der Waals surface area contributed by atoms with Gasteiger partial charge >= 0.3 is 0 Å². The van der Waals surface area contributed by atoms with E-state index < -0.39 is 0 Å². The van der Waals surface area contributed by atoms with Gasteiger partial charge in [-0.15, -0.1) is 0 Å². The second kappa shape index (κ2) is 3.91. The van der Waals surface area contributed by atoms with Crippen LogP contribution >= 0.6 is 0 Å². The van der Waals surface area contributed by atoms with Crippen LogP contribution in [0.1, 0.15) is 20.3 Å². The van der Waals surface area contributed by atoms with Gasteiger partial charge in [-0.2, -0.15) is 5.12 Å². The standard InChI is InChI=1S/C7H17N3/c1-3-9(4-2)10-7-5-6-8-10/h8H,3-7H2,1-2H3. The van der Waals surface area contributed by atoms with E-state index in [0.29, 0.717) is 0 Å². The predicted octanol–water partition coefficient (Wildman–Crippen LogP) is 0.454. The molecule has 0 aromatic heterocycles. The molecule has 1 aliphatic heterocycles. The Morgan fingerprint density at radius 2 is 2.10 bits per heavy atom. The quantitative estimate of drug-likeness (QED) is 0.619. The fourth-order valence-electron chi connectivity index (χ4n) is 1.32. The van der Waals surface area contributed by atoms with Crippen LogP contribution in [0, 0.1) is 0 Å². The summed E-state index contributed by atoms with van der Waals surface area (Å²) in [5, 5.41) is 4.53. The van der Waals surface area contributed by atoms with E-state index in [-0.39, 0.29) is 0 Å². The first-order valence-corrected chi connectivity index (χ1v) is 4.14. The number of rotatable bonds is 3. The Morgan fingerprint density at radius 3 is 2.50 bits per heavy atom. The molecule has 0 amide bonds. The van der Waals surface area contributed by atoms with Crippen molar-refractivity contribution in [3.63, 3.8) is 0 Å². The van der Waals surface area contributed by atoms with Crippen LogP contribution in [-0.2, 0) is 0 Å². The van der Waals surface area contributed by atoms with Crippen LogP contribution in [-0.4, -0.2) is 36.3 Å². The Hall–Kier alpha value is -0.120. The van der Waals surface area contributed by atoms with Crippen LogP contribution in [0.15, 0.2) is 0 Å². The molecule has 0 atom stereocenters. The zero-order chi connectivity index (χ0) is 7.40. The monoisotopic (exact) mass is 143 g/mol. The van der Waals surface area contributed by atoms with Gasteiger partial charge in [0.25, 0.3) is 0 Å². The predicted molar refractivity (Wildman–Crippen MR) is 42.2 cm³/mol. The molecule has 0 bridgehead atoms. The highest BCUT2D eigenvalue weighted by atomic mass is 15.8. The minimum atomic E-state index is 1.10. The molecule has 1 rings (SSSR count). The van der Waals surface area contributed by atoms with E-state index in [1.165, 1.54) is 13.0 Å². The lowest BCUT2D eigenvalue weighted by molar-refractivity contribution is -0.0353. The van der Waals surface area contributed by atoms with Gasteiger partial charge < -0.3 is 0 Å².